The van der Waals surface area contributed by atoms with Crippen LogP contribution in [0.4, 0.5) is 0 Å². The first-order valence-corrected chi connectivity index (χ1v) is 12.7. The highest BCUT2D eigenvalue weighted by Gasteiger charge is 2.27. The lowest BCUT2D eigenvalue weighted by Crippen LogP contribution is -2.28. The summed E-state index contributed by atoms with van der Waals surface area (Å²) < 4.78 is 5.68. The van der Waals surface area contributed by atoms with Gasteiger partial charge in [0.05, 0.1) is 6.61 Å². The average molecular weight is 434 g/mol. The van der Waals surface area contributed by atoms with Gasteiger partial charge in [-0.25, -0.2) is 0 Å². The molecule has 2 aromatic rings. The molecule has 2 aromatic carbocycles. The summed E-state index contributed by atoms with van der Waals surface area (Å²) >= 11 is 0. The van der Waals surface area contributed by atoms with Crippen molar-refractivity contribution in [3.8, 4) is 5.75 Å². The van der Waals surface area contributed by atoms with Crippen LogP contribution in [0.5, 0.6) is 5.75 Å². The number of hydrogen-bond donors (Lipinski definition) is 1. The fourth-order valence-corrected chi connectivity index (χ4v) is 5.71. The molecule has 3 heteroatoms. The van der Waals surface area contributed by atoms with E-state index >= 15 is 0 Å². The Morgan fingerprint density at radius 3 is 2.56 bits per heavy atom. The van der Waals surface area contributed by atoms with Crippen molar-refractivity contribution < 1.29 is 9.53 Å². The molecular weight excluding hydrogens is 394 g/mol. The van der Waals surface area contributed by atoms with Crippen LogP contribution in [0.1, 0.15) is 92.1 Å². The van der Waals surface area contributed by atoms with E-state index in [1.807, 2.05) is 13.0 Å². The van der Waals surface area contributed by atoms with Crippen LogP contribution >= 0.6 is 0 Å². The van der Waals surface area contributed by atoms with Crippen LogP contribution in [0, 0.1) is 11.8 Å². The number of carbonyl (C=O) groups excluding carboxylic acids is 1. The molecule has 2 aliphatic rings. The number of ether oxygens (including phenoxy) is 1. The highest BCUT2D eigenvalue weighted by molar-refractivity contribution is 5.96. The van der Waals surface area contributed by atoms with Crippen molar-refractivity contribution >= 4 is 5.78 Å². The molecule has 0 unspecified atom stereocenters. The second-order valence-corrected chi connectivity index (χ2v) is 9.96. The maximum atomic E-state index is 12.7. The van der Waals surface area contributed by atoms with E-state index in [0.29, 0.717) is 36.6 Å². The molecule has 1 saturated heterocycles. The molecule has 1 aliphatic heterocycles. The average Bonchev–Trinajstić information content (AvgIpc) is 3.29. The van der Waals surface area contributed by atoms with E-state index in [2.05, 4.69) is 54.7 Å². The largest absolute Gasteiger partial charge is 0.494 e. The minimum Gasteiger partial charge on any atom is -0.494 e. The zero-order valence-electron chi connectivity index (χ0n) is 19.8. The third-order valence-electron chi connectivity index (χ3n) is 7.60. The summed E-state index contributed by atoms with van der Waals surface area (Å²) in [6.07, 6.45) is 8.02. The molecule has 172 valence electrons. The van der Waals surface area contributed by atoms with Gasteiger partial charge in [-0.2, -0.15) is 0 Å². The van der Waals surface area contributed by atoms with Gasteiger partial charge in [0, 0.05) is 12.0 Å². The Morgan fingerprint density at radius 1 is 1.03 bits per heavy atom. The Bertz CT molecular complexity index is 869. The SMILES string of the molecule is CCOc1cccc([C@@H](C)C[C@H]2CC[C@@H](c3ccc(C(=O)CC4CCNCC4)cc3)C2)c1. The van der Waals surface area contributed by atoms with E-state index < -0.39 is 0 Å². The Morgan fingerprint density at radius 2 is 1.81 bits per heavy atom. The molecule has 0 bridgehead atoms. The summed E-state index contributed by atoms with van der Waals surface area (Å²) in [5.41, 5.74) is 3.69. The third-order valence-corrected chi connectivity index (χ3v) is 7.60. The lowest BCUT2D eigenvalue weighted by Gasteiger charge is -2.21. The molecule has 2 fully saturated rings. The van der Waals surface area contributed by atoms with Crippen LogP contribution in [0.2, 0.25) is 0 Å². The molecule has 3 nitrogen and oxygen atoms in total. The highest BCUT2D eigenvalue weighted by Crippen LogP contribution is 2.42. The van der Waals surface area contributed by atoms with Gasteiger partial charge >= 0.3 is 0 Å². The third kappa shape index (κ3) is 6.01. The number of hydrogen-bond acceptors (Lipinski definition) is 3. The van der Waals surface area contributed by atoms with Gasteiger partial charge in [-0.05, 0) is 105 Å². The van der Waals surface area contributed by atoms with E-state index in [1.54, 1.807) is 0 Å². The van der Waals surface area contributed by atoms with Crippen molar-refractivity contribution in [2.75, 3.05) is 19.7 Å². The molecule has 4 rings (SSSR count). The quantitative estimate of drug-likeness (QED) is 0.445. The van der Waals surface area contributed by atoms with Crippen molar-refractivity contribution in [3.63, 3.8) is 0 Å². The number of nitrogens with one attached hydrogen (secondary N) is 1. The number of benzene rings is 2. The lowest BCUT2D eigenvalue weighted by molar-refractivity contribution is 0.0952. The fourth-order valence-electron chi connectivity index (χ4n) is 5.71. The molecule has 1 N–H and O–H groups in total. The van der Waals surface area contributed by atoms with Crippen molar-refractivity contribution in [2.24, 2.45) is 11.8 Å². The van der Waals surface area contributed by atoms with Gasteiger partial charge in [0.2, 0.25) is 0 Å². The van der Waals surface area contributed by atoms with Gasteiger partial charge in [0.25, 0.3) is 0 Å². The topological polar surface area (TPSA) is 38.3 Å². The van der Waals surface area contributed by atoms with E-state index in [9.17, 15) is 4.79 Å². The van der Waals surface area contributed by atoms with Crippen molar-refractivity contribution in [3.05, 3.63) is 65.2 Å². The molecule has 0 amide bonds. The minimum atomic E-state index is 0.316. The maximum Gasteiger partial charge on any atom is 0.163 e. The second-order valence-electron chi connectivity index (χ2n) is 9.96. The molecule has 1 saturated carbocycles. The summed E-state index contributed by atoms with van der Waals surface area (Å²) in [6.45, 7) is 7.20. The van der Waals surface area contributed by atoms with Crippen LogP contribution in [0.15, 0.2) is 48.5 Å². The normalized spacial score (nSPS) is 22.6. The van der Waals surface area contributed by atoms with E-state index in [0.717, 1.165) is 43.2 Å². The first-order chi connectivity index (χ1) is 15.6. The number of rotatable bonds is 9. The predicted octanol–water partition coefficient (Wildman–Crippen LogP) is 6.74. The van der Waals surface area contributed by atoms with Crippen LogP contribution in [0.25, 0.3) is 0 Å². The predicted molar refractivity (Wildman–Crippen MR) is 132 cm³/mol. The first-order valence-electron chi connectivity index (χ1n) is 12.7. The molecule has 3 atom stereocenters. The molecule has 0 aromatic heterocycles. The number of ketones is 1. The number of piperidine rings is 1. The van der Waals surface area contributed by atoms with Crippen LogP contribution in [0.3, 0.4) is 0 Å². The standard InChI is InChI=1S/C29H39NO2/c1-3-32-28-6-4-5-26(20-28)21(2)17-23-7-8-27(18-23)24-9-11-25(12-10-24)29(31)19-22-13-15-30-16-14-22/h4-6,9-12,20-23,27,30H,3,7-8,13-19H2,1-2H3/t21-,23+,27+/m0/s1. The Labute approximate surface area is 194 Å². The number of Topliss-reactive ketones (excluding diaryl/α,β-unsaturated/α-hetero) is 1. The smallest absolute Gasteiger partial charge is 0.163 e. The van der Waals surface area contributed by atoms with Crippen molar-refractivity contribution in [2.45, 2.75) is 70.6 Å². The Balaban J connectivity index is 1.29. The van der Waals surface area contributed by atoms with Crippen molar-refractivity contribution in [1.29, 1.82) is 0 Å². The van der Waals surface area contributed by atoms with Crippen molar-refractivity contribution in [1.82, 2.24) is 5.32 Å². The maximum absolute atomic E-state index is 12.7. The van der Waals surface area contributed by atoms with Crippen LogP contribution in [-0.2, 0) is 0 Å². The van der Waals surface area contributed by atoms with Gasteiger partial charge < -0.3 is 10.1 Å². The van der Waals surface area contributed by atoms with Crippen LogP contribution in [-0.4, -0.2) is 25.5 Å². The lowest BCUT2D eigenvalue weighted by atomic mass is 9.87. The van der Waals surface area contributed by atoms with Crippen LogP contribution < -0.4 is 10.1 Å². The van der Waals surface area contributed by atoms with Gasteiger partial charge in [-0.3, -0.25) is 4.79 Å². The van der Waals surface area contributed by atoms with Gasteiger partial charge in [0.15, 0.2) is 5.78 Å². The second kappa shape index (κ2) is 11.1. The highest BCUT2D eigenvalue weighted by atomic mass is 16.5. The minimum absolute atomic E-state index is 0.316. The summed E-state index contributed by atoms with van der Waals surface area (Å²) in [5, 5.41) is 3.38. The molecule has 1 heterocycles. The summed E-state index contributed by atoms with van der Waals surface area (Å²) in [7, 11) is 0. The molecular formula is C29H39NO2. The van der Waals surface area contributed by atoms with E-state index in [1.165, 1.54) is 36.8 Å². The summed E-state index contributed by atoms with van der Waals surface area (Å²) in [5.74, 6) is 3.80. The first kappa shape index (κ1) is 23.0. The van der Waals surface area contributed by atoms with E-state index in [-0.39, 0.29) is 0 Å². The summed E-state index contributed by atoms with van der Waals surface area (Å²) in [4.78, 5) is 12.7. The Hall–Kier alpha value is -2.13. The number of carbonyl (C=O) groups is 1. The molecule has 0 radical (unpaired) electrons. The molecule has 32 heavy (non-hydrogen) atoms. The Kier molecular flexibility index (Phi) is 8.02. The van der Waals surface area contributed by atoms with E-state index in [4.69, 9.17) is 4.74 Å². The monoisotopic (exact) mass is 433 g/mol. The fraction of sp³-hybridized carbons (Fsp3) is 0.552. The zero-order chi connectivity index (χ0) is 22.3. The van der Waals surface area contributed by atoms with Gasteiger partial charge in [-0.1, -0.05) is 43.3 Å². The zero-order valence-corrected chi connectivity index (χ0v) is 19.8. The van der Waals surface area contributed by atoms with Gasteiger partial charge in [0.1, 0.15) is 5.75 Å². The van der Waals surface area contributed by atoms with Gasteiger partial charge in [-0.15, -0.1) is 0 Å². The molecule has 1 aliphatic carbocycles. The summed E-state index contributed by atoms with van der Waals surface area (Å²) in [6, 6.07) is 17.2. The molecule has 0 spiro atoms.